The molecule has 114 valence electrons. The van der Waals surface area contributed by atoms with Crippen molar-refractivity contribution < 1.29 is 5.11 Å². The van der Waals surface area contributed by atoms with Gasteiger partial charge >= 0.3 is 0 Å². The summed E-state index contributed by atoms with van der Waals surface area (Å²) in [5, 5.41) is 12.9. The molecule has 1 atom stereocenters. The molecule has 0 saturated carbocycles. The highest BCUT2D eigenvalue weighted by Gasteiger charge is 2.18. The molecule has 0 aliphatic carbocycles. The van der Waals surface area contributed by atoms with E-state index in [1.807, 2.05) is 6.92 Å². The Kier molecular flexibility index (Phi) is 6.42. The Bertz CT molecular complexity index is 386. The largest absolute Gasteiger partial charge is 0.392 e. The number of hydrogen-bond acceptors (Lipinski definition) is 5. The second-order valence-electron chi connectivity index (χ2n) is 5.76. The Morgan fingerprint density at radius 1 is 1.30 bits per heavy atom. The summed E-state index contributed by atoms with van der Waals surface area (Å²) in [5.74, 6) is 0. The molecule has 0 amide bonds. The molecule has 0 bridgehead atoms. The highest BCUT2D eigenvalue weighted by molar-refractivity contribution is 7.09. The third-order valence-corrected chi connectivity index (χ3v) is 4.67. The van der Waals surface area contributed by atoms with E-state index in [0.29, 0.717) is 0 Å². The number of nitrogens with zero attached hydrogens (tertiary/aromatic N) is 3. The molecule has 1 aliphatic rings. The first-order valence-corrected chi connectivity index (χ1v) is 8.61. The van der Waals surface area contributed by atoms with Gasteiger partial charge in [-0.2, -0.15) is 0 Å². The fourth-order valence-electron chi connectivity index (χ4n) is 2.60. The monoisotopic (exact) mass is 297 g/mol. The normalized spacial score (nSPS) is 19.4. The Hall–Kier alpha value is -0.490. The highest BCUT2D eigenvalue weighted by Crippen LogP contribution is 2.15. The number of unbranched alkanes of at least 4 members (excludes halogenated alkanes) is 1. The van der Waals surface area contributed by atoms with Crippen molar-refractivity contribution in [2.24, 2.45) is 0 Å². The molecule has 2 rings (SSSR count). The van der Waals surface area contributed by atoms with Gasteiger partial charge < -0.3 is 5.11 Å². The zero-order chi connectivity index (χ0) is 14.4. The molecule has 0 radical (unpaired) electrons. The summed E-state index contributed by atoms with van der Waals surface area (Å²) in [6, 6.07) is 0. The quantitative estimate of drug-likeness (QED) is 0.835. The van der Waals surface area contributed by atoms with Crippen molar-refractivity contribution >= 4 is 11.3 Å². The van der Waals surface area contributed by atoms with Crippen LogP contribution in [0.4, 0.5) is 0 Å². The van der Waals surface area contributed by atoms with Crippen LogP contribution in [0.1, 0.15) is 37.4 Å². The molecule has 1 N–H and O–H groups in total. The maximum Gasteiger partial charge on any atom is 0.0928 e. The zero-order valence-electron chi connectivity index (χ0n) is 12.7. The van der Waals surface area contributed by atoms with Crippen molar-refractivity contribution in [2.75, 3.05) is 32.7 Å². The van der Waals surface area contributed by atoms with Crippen LogP contribution in [0.15, 0.2) is 5.38 Å². The van der Waals surface area contributed by atoms with Crippen LogP contribution in [0, 0.1) is 0 Å². The van der Waals surface area contributed by atoms with Gasteiger partial charge in [0.15, 0.2) is 0 Å². The molecular weight excluding hydrogens is 270 g/mol. The summed E-state index contributed by atoms with van der Waals surface area (Å²) >= 11 is 1.81. The van der Waals surface area contributed by atoms with E-state index in [4.69, 9.17) is 4.98 Å². The van der Waals surface area contributed by atoms with Crippen LogP contribution in [-0.2, 0) is 13.0 Å². The highest BCUT2D eigenvalue weighted by atomic mass is 32.1. The summed E-state index contributed by atoms with van der Waals surface area (Å²) in [5.41, 5.74) is 1.23. The Balaban J connectivity index is 1.73. The lowest BCUT2D eigenvalue weighted by Crippen LogP contribution is -2.47. The number of aliphatic hydroxyl groups excluding tert-OH is 1. The van der Waals surface area contributed by atoms with Gasteiger partial charge in [-0.15, -0.1) is 11.3 Å². The van der Waals surface area contributed by atoms with Crippen LogP contribution >= 0.6 is 11.3 Å². The molecule has 1 saturated heterocycles. The van der Waals surface area contributed by atoms with Crippen molar-refractivity contribution in [3.05, 3.63) is 16.1 Å². The minimum absolute atomic E-state index is 0.221. The second-order valence-corrected chi connectivity index (χ2v) is 6.70. The van der Waals surface area contributed by atoms with Crippen molar-refractivity contribution in [3.63, 3.8) is 0 Å². The van der Waals surface area contributed by atoms with Crippen molar-refractivity contribution in [1.82, 2.24) is 14.8 Å². The van der Waals surface area contributed by atoms with Crippen LogP contribution in [0.25, 0.3) is 0 Å². The average molecular weight is 297 g/mol. The number of aryl methyl sites for hydroxylation is 1. The van der Waals surface area contributed by atoms with E-state index in [2.05, 4.69) is 22.1 Å². The first-order valence-electron chi connectivity index (χ1n) is 7.73. The summed E-state index contributed by atoms with van der Waals surface area (Å²) in [6.45, 7) is 10.1. The number of hydrogen-bond donors (Lipinski definition) is 1. The van der Waals surface area contributed by atoms with Crippen molar-refractivity contribution in [1.29, 1.82) is 0 Å². The van der Waals surface area contributed by atoms with E-state index >= 15 is 0 Å². The second kappa shape index (κ2) is 8.08. The minimum Gasteiger partial charge on any atom is -0.392 e. The third kappa shape index (κ3) is 5.13. The van der Waals surface area contributed by atoms with Gasteiger partial charge in [-0.25, -0.2) is 4.98 Å². The molecule has 0 spiro atoms. The Labute approximate surface area is 126 Å². The third-order valence-electron chi connectivity index (χ3n) is 3.72. The van der Waals surface area contributed by atoms with Crippen molar-refractivity contribution in [2.45, 2.75) is 45.8 Å². The SMILES string of the molecule is CCCCc1nc(CN2CCN(C[C@@H](C)O)CC2)cs1. The Morgan fingerprint density at radius 2 is 2.00 bits per heavy atom. The molecule has 1 aromatic rings. The number of piperazine rings is 1. The molecule has 4 nitrogen and oxygen atoms in total. The number of thiazole rings is 1. The van der Waals surface area contributed by atoms with Gasteiger partial charge in [-0.3, -0.25) is 9.80 Å². The van der Waals surface area contributed by atoms with Crippen LogP contribution in [0.5, 0.6) is 0 Å². The standard InChI is InChI=1S/C15H27N3OS/c1-3-4-5-15-16-14(12-20-15)11-18-8-6-17(7-9-18)10-13(2)19/h12-13,19H,3-11H2,1-2H3/t13-/m1/s1. The molecular formula is C15H27N3OS. The first-order chi connectivity index (χ1) is 9.67. The van der Waals surface area contributed by atoms with Crippen LogP contribution in [0.2, 0.25) is 0 Å². The van der Waals surface area contributed by atoms with E-state index in [-0.39, 0.29) is 6.10 Å². The summed E-state index contributed by atoms with van der Waals surface area (Å²) in [6.07, 6.45) is 3.38. The number of aromatic nitrogens is 1. The summed E-state index contributed by atoms with van der Waals surface area (Å²) in [4.78, 5) is 9.54. The van der Waals surface area contributed by atoms with E-state index in [9.17, 15) is 5.11 Å². The smallest absolute Gasteiger partial charge is 0.0928 e. The minimum atomic E-state index is -0.221. The Morgan fingerprint density at radius 3 is 2.65 bits per heavy atom. The van der Waals surface area contributed by atoms with Gasteiger partial charge in [0.2, 0.25) is 0 Å². The summed E-state index contributed by atoms with van der Waals surface area (Å²) < 4.78 is 0. The fraction of sp³-hybridized carbons (Fsp3) is 0.800. The van der Waals surface area contributed by atoms with Gasteiger partial charge in [0, 0.05) is 44.6 Å². The van der Waals surface area contributed by atoms with E-state index < -0.39 is 0 Å². The number of aliphatic hydroxyl groups is 1. The molecule has 1 aliphatic heterocycles. The molecule has 0 aromatic carbocycles. The average Bonchev–Trinajstić information content (AvgIpc) is 2.86. The van der Waals surface area contributed by atoms with E-state index in [1.54, 1.807) is 11.3 Å². The predicted molar refractivity (Wildman–Crippen MR) is 84.1 cm³/mol. The van der Waals surface area contributed by atoms with Crippen LogP contribution in [-0.4, -0.2) is 58.7 Å². The van der Waals surface area contributed by atoms with E-state index in [0.717, 1.165) is 45.7 Å². The molecule has 0 unspecified atom stereocenters. The van der Waals surface area contributed by atoms with Gasteiger partial charge in [0.05, 0.1) is 16.8 Å². The lowest BCUT2D eigenvalue weighted by atomic mass is 10.2. The van der Waals surface area contributed by atoms with Gasteiger partial charge in [-0.1, -0.05) is 13.3 Å². The lowest BCUT2D eigenvalue weighted by Gasteiger charge is -2.34. The predicted octanol–water partition coefficient (Wildman–Crippen LogP) is 1.98. The number of β-amino-alcohol motifs (C(OH)–C–C–N with tert-alkyl or cyclic N) is 1. The molecule has 1 fully saturated rings. The molecule has 5 heteroatoms. The lowest BCUT2D eigenvalue weighted by molar-refractivity contribution is 0.0777. The van der Waals surface area contributed by atoms with Crippen molar-refractivity contribution in [3.8, 4) is 0 Å². The fourth-order valence-corrected chi connectivity index (χ4v) is 3.43. The maximum absolute atomic E-state index is 9.42. The molecule has 2 heterocycles. The van der Waals surface area contributed by atoms with Gasteiger partial charge in [0.1, 0.15) is 0 Å². The number of rotatable bonds is 7. The molecule has 20 heavy (non-hydrogen) atoms. The van der Waals surface area contributed by atoms with Crippen LogP contribution < -0.4 is 0 Å². The van der Waals surface area contributed by atoms with Crippen LogP contribution in [0.3, 0.4) is 0 Å². The first kappa shape index (κ1) is 15.9. The summed E-state index contributed by atoms with van der Waals surface area (Å²) in [7, 11) is 0. The topological polar surface area (TPSA) is 39.6 Å². The molecule has 1 aromatic heterocycles. The van der Waals surface area contributed by atoms with Gasteiger partial charge in [0.25, 0.3) is 0 Å². The van der Waals surface area contributed by atoms with E-state index in [1.165, 1.54) is 23.5 Å². The maximum atomic E-state index is 9.42. The zero-order valence-corrected chi connectivity index (χ0v) is 13.5. The van der Waals surface area contributed by atoms with Gasteiger partial charge in [-0.05, 0) is 19.8 Å².